The van der Waals surface area contributed by atoms with Gasteiger partial charge in [-0.25, -0.2) is 0 Å². The first-order chi connectivity index (χ1) is 10.5. The second-order valence-corrected chi connectivity index (χ2v) is 5.75. The molecule has 6 heteroatoms. The number of rotatable bonds is 4. The Morgan fingerprint density at radius 2 is 1.68 bits per heavy atom. The average molecular weight is 301 g/mol. The Labute approximate surface area is 128 Å². The van der Waals surface area contributed by atoms with Crippen molar-refractivity contribution >= 4 is 23.3 Å². The van der Waals surface area contributed by atoms with E-state index in [9.17, 15) is 14.7 Å². The van der Waals surface area contributed by atoms with Gasteiger partial charge in [0.1, 0.15) is 0 Å². The Hall–Kier alpha value is -2.34. The molecule has 0 aromatic heterocycles. The van der Waals surface area contributed by atoms with Gasteiger partial charge in [0.2, 0.25) is 5.91 Å². The van der Waals surface area contributed by atoms with Crippen LogP contribution in [-0.2, 0) is 14.3 Å². The summed E-state index contributed by atoms with van der Waals surface area (Å²) in [6.07, 6.45) is 2.36. The Balaban J connectivity index is 1.74. The summed E-state index contributed by atoms with van der Waals surface area (Å²) in [6, 6.07) is 7.32. The zero-order valence-corrected chi connectivity index (χ0v) is 12.4. The second kappa shape index (κ2) is 5.46. The molecule has 6 nitrogen and oxygen atoms in total. The van der Waals surface area contributed by atoms with Crippen LogP contribution in [0.15, 0.2) is 36.4 Å². The molecular weight excluding hydrogens is 284 g/mol. The molecule has 2 aliphatic rings. The number of carbonyl (C=O) groups is 2. The number of fused-ring (bicyclic) bond motifs is 2. The van der Waals surface area contributed by atoms with Crippen LogP contribution in [0, 0.1) is 11.8 Å². The molecule has 1 aromatic carbocycles. The zero-order chi connectivity index (χ0) is 15.9. The topological polar surface area (TPSA) is 81.7 Å². The van der Waals surface area contributed by atoms with Crippen molar-refractivity contribution in [3.63, 3.8) is 0 Å². The lowest BCUT2D eigenvalue weighted by atomic mass is 9.82. The fourth-order valence-corrected chi connectivity index (χ4v) is 2.97. The highest BCUT2D eigenvalue weighted by molar-refractivity contribution is 5.96. The number of amides is 1. The molecule has 2 aliphatic heterocycles. The summed E-state index contributed by atoms with van der Waals surface area (Å²) in [5, 5.41) is 14.0. The van der Waals surface area contributed by atoms with Crippen molar-refractivity contribution in [1.29, 1.82) is 0 Å². The summed E-state index contributed by atoms with van der Waals surface area (Å²) in [7, 11) is 3.86. The van der Waals surface area contributed by atoms with Crippen molar-refractivity contribution in [1.82, 2.24) is 0 Å². The molecule has 22 heavy (non-hydrogen) atoms. The van der Waals surface area contributed by atoms with E-state index in [1.54, 1.807) is 24.3 Å². The Kier molecular flexibility index (Phi) is 3.62. The quantitative estimate of drug-likeness (QED) is 0.792. The first kappa shape index (κ1) is 14.6. The van der Waals surface area contributed by atoms with Gasteiger partial charge in [0.05, 0.1) is 18.1 Å². The number of carboxylic acids is 1. The normalized spacial score (nSPS) is 28.6. The first-order valence-electron chi connectivity index (χ1n) is 7.10. The summed E-state index contributed by atoms with van der Waals surface area (Å²) in [4.78, 5) is 25.6. The van der Waals surface area contributed by atoms with Crippen LogP contribution in [0.2, 0.25) is 0 Å². The van der Waals surface area contributed by atoms with E-state index in [1.165, 1.54) is 0 Å². The molecule has 0 unspecified atom stereocenters. The molecule has 1 saturated heterocycles. The van der Waals surface area contributed by atoms with Crippen LogP contribution in [0.1, 0.15) is 0 Å². The van der Waals surface area contributed by atoms with Crippen LogP contribution < -0.4 is 15.3 Å². The molecule has 2 heterocycles. The Bertz CT molecular complexity index is 624. The van der Waals surface area contributed by atoms with Crippen LogP contribution in [0.25, 0.3) is 0 Å². The second-order valence-electron chi connectivity index (χ2n) is 5.75. The molecule has 4 atom stereocenters. The predicted octanol–water partition coefficient (Wildman–Crippen LogP) is 0.0106. The van der Waals surface area contributed by atoms with E-state index in [2.05, 4.69) is 5.32 Å². The standard InChI is InChI=1S/C16H18N2O4/c1-18(2)10-5-3-9(4-6-10)17-15(19)13-11-7-8-12(22-11)14(13)16(20)21/h3-8,11-14H,1-2H3,(H,17,19)(H,20,21)/p-1/t11-,12+,13-,14+/m1/s1. The fourth-order valence-electron chi connectivity index (χ4n) is 2.97. The highest BCUT2D eigenvalue weighted by Gasteiger charge is 2.50. The number of nitrogens with one attached hydrogen (secondary N) is 1. The number of anilines is 2. The maximum atomic E-state index is 12.4. The maximum Gasteiger partial charge on any atom is 0.231 e. The molecule has 0 spiro atoms. The lowest BCUT2D eigenvalue weighted by molar-refractivity contribution is -0.313. The van der Waals surface area contributed by atoms with Gasteiger partial charge in [-0.15, -0.1) is 0 Å². The van der Waals surface area contributed by atoms with Gasteiger partial charge in [-0.1, -0.05) is 12.2 Å². The molecule has 3 rings (SSSR count). The summed E-state index contributed by atoms with van der Waals surface area (Å²) >= 11 is 0. The van der Waals surface area contributed by atoms with Crippen molar-refractivity contribution in [2.45, 2.75) is 12.2 Å². The average Bonchev–Trinajstić information content (AvgIpc) is 3.08. The highest BCUT2D eigenvalue weighted by atomic mass is 16.5. The van der Waals surface area contributed by atoms with Gasteiger partial charge >= 0.3 is 0 Å². The van der Waals surface area contributed by atoms with Crippen molar-refractivity contribution in [2.75, 3.05) is 24.3 Å². The van der Waals surface area contributed by atoms with E-state index >= 15 is 0 Å². The van der Waals surface area contributed by atoms with E-state index < -0.39 is 30.0 Å². The van der Waals surface area contributed by atoms with Crippen molar-refractivity contribution in [3.8, 4) is 0 Å². The number of carboxylic acid groups (broad SMARTS) is 1. The van der Waals surface area contributed by atoms with Gasteiger partial charge in [-0.3, -0.25) is 4.79 Å². The monoisotopic (exact) mass is 301 g/mol. The molecule has 1 N–H and O–H groups in total. The summed E-state index contributed by atoms with van der Waals surface area (Å²) in [5.41, 5.74) is 1.64. The summed E-state index contributed by atoms with van der Waals surface area (Å²) < 4.78 is 5.47. The number of benzene rings is 1. The molecule has 0 aliphatic carbocycles. The lowest BCUT2D eigenvalue weighted by Gasteiger charge is -2.25. The number of nitrogens with zero attached hydrogens (tertiary/aromatic N) is 1. The van der Waals surface area contributed by atoms with Gasteiger partial charge in [0.25, 0.3) is 0 Å². The molecule has 1 amide bonds. The van der Waals surface area contributed by atoms with Crippen LogP contribution in [0.3, 0.4) is 0 Å². The summed E-state index contributed by atoms with van der Waals surface area (Å²) in [6.45, 7) is 0. The van der Waals surface area contributed by atoms with Gasteiger partial charge in [-0.05, 0) is 24.3 Å². The molecule has 0 saturated carbocycles. The zero-order valence-electron chi connectivity index (χ0n) is 12.4. The van der Waals surface area contributed by atoms with Crippen LogP contribution in [-0.4, -0.2) is 38.2 Å². The number of carbonyl (C=O) groups excluding carboxylic acids is 2. The minimum absolute atomic E-state index is 0.358. The van der Waals surface area contributed by atoms with Gasteiger partial charge < -0.3 is 24.9 Å². The largest absolute Gasteiger partial charge is 0.550 e. The molecule has 116 valence electrons. The van der Waals surface area contributed by atoms with E-state index in [0.717, 1.165) is 5.69 Å². The van der Waals surface area contributed by atoms with Gasteiger partial charge in [0, 0.05) is 37.4 Å². The van der Waals surface area contributed by atoms with Gasteiger partial charge in [-0.2, -0.15) is 0 Å². The maximum absolute atomic E-state index is 12.4. The molecule has 1 fully saturated rings. The van der Waals surface area contributed by atoms with Crippen molar-refractivity contribution < 1.29 is 19.4 Å². The molecule has 0 radical (unpaired) electrons. The lowest BCUT2D eigenvalue weighted by Crippen LogP contribution is -2.45. The number of hydrogen-bond donors (Lipinski definition) is 1. The van der Waals surface area contributed by atoms with Crippen molar-refractivity contribution in [3.05, 3.63) is 36.4 Å². The molecular formula is C16H17N2O4-. The minimum atomic E-state index is -1.25. The fraction of sp³-hybridized carbons (Fsp3) is 0.375. The SMILES string of the molecule is CN(C)c1ccc(NC(=O)[C@H]2[C@@H](C(=O)[O-])[C@@H]3C=C[C@H]2O3)cc1. The van der Waals surface area contributed by atoms with E-state index in [1.807, 2.05) is 31.1 Å². The highest BCUT2D eigenvalue weighted by Crippen LogP contribution is 2.39. The third kappa shape index (κ3) is 2.46. The third-order valence-corrected chi connectivity index (χ3v) is 4.13. The molecule has 2 bridgehead atoms. The number of aliphatic carboxylic acids is 1. The van der Waals surface area contributed by atoms with Crippen LogP contribution >= 0.6 is 0 Å². The van der Waals surface area contributed by atoms with E-state index in [-0.39, 0.29) is 5.91 Å². The van der Waals surface area contributed by atoms with E-state index in [4.69, 9.17) is 4.74 Å². The van der Waals surface area contributed by atoms with E-state index in [0.29, 0.717) is 5.69 Å². The Morgan fingerprint density at radius 3 is 2.23 bits per heavy atom. The Morgan fingerprint density at radius 1 is 1.09 bits per heavy atom. The predicted molar refractivity (Wildman–Crippen MR) is 79.2 cm³/mol. The van der Waals surface area contributed by atoms with Crippen molar-refractivity contribution in [2.24, 2.45) is 11.8 Å². The summed E-state index contributed by atoms with van der Waals surface area (Å²) in [5.74, 6) is -3.30. The molecule has 1 aromatic rings. The first-order valence-corrected chi connectivity index (χ1v) is 7.10. The number of ether oxygens (including phenoxy) is 1. The van der Waals surface area contributed by atoms with Crippen LogP contribution in [0.5, 0.6) is 0 Å². The van der Waals surface area contributed by atoms with Gasteiger partial charge in [0.15, 0.2) is 0 Å². The van der Waals surface area contributed by atoms with Crippen LogP contribution in [0.4, 0.5) is 11.4 Å². The third-order valence-electron chi connectivity index (χ3n) is 4.13. The number of hydrogen-bond acceptors (Lipinski definition) is 5. The minimum Gasteiger partial charge on any atom is -0.550 e. The smallest absolute Gasteiger partial charge is 0.231 e.